The molecule has 0 bridgehead atoms. The average Bonchev–Trinajstić information content (AvgIpc) is 2.71. The topological polar surface area (TPSA) is 59.4 Å². The van der Waals surface area contributed by atoms with Crippen LogP contribution in [0.2, 0.25) is 0 Å². The second-order valence-corrected chi connectivity index (χ2v) is 5.72. The molecule has 1 saturated heterocycles. The zero-order valence-electron chi connectivity index (χ0n) is 13.0. The molecule has 3 rings (SSSR count). The average molecular weight is 289 g/mol. The molecule has 0 aliphatic carbocycles. The lowest BCUT2D eigenvalue weighted by Crippen LogP contribution is -2.46. The molecule has 2 N–H and O–H groups in total. The van der Waals surface area contributed by atoms with Crippen molar-refractivity contribution in [3.8, 4) is 0 Å². The van der Waals surface area contributed by atoms with Crippen LogP contribution in [0.15, 0.2) is 16.9 Å². The molecule has 2 aromatic rings. The molecule has 6 nitrogen and oxygen atoms in total. The first-order chi connectivity index (χ1) is 10.0. The summed E-state index contributed by atoms with van der Waals surface area (Å²) < 4.78 is 3.32. The minimum Gasteiger partial charge on any atom is -0.397 e. The number of likely N-dealkylation sites (N-methyl/N-ethyl adjacent to an activating group) is 1. The fraction of sp³-hybridized carbons (Fsp3) is 0.533. The lowest BCUT2D eigenvalue weighted by molar-refractivity contribution is 0.271. The van der Waals surface area contributed by atoms with Crippen molar-refractivity contribution >= 4 is 22.4 Å². The van der Waals surface area contributed by atoms with E-state index in [0.717, 1.165) is 55.1 Å². The van der Waals surface area contributed by atoms with Gasteiger partial charge in [0.15, 0.2) is 0 Å². The van der Waals surface area contributed by atoms with Gasteiger partial charge in [-0.25, -0.2) is 4.79 Å². The lowest BCUT2D eigenvalue weighted by atomic mass is 10.2. The second-order valence-electron chi connectivity index (χ2n) is 5.72. The van der Waals surface area contributed by atoms with Crippen LogP contribution in [-0.2, 0) is 14.1 Å². The summed E-state index contributed by atoms with van der Waals surface area (Å²) in [6, 6.07) is 3.96. The van der Waals surface area contributed by atoms with Crippen LogP contribution in [0.1, 0.15) is 6.92 Å². The zero-order valence-corrected chi connectivity index (χ0v) is 13.0. The first-order valence-corrected chi connectivity index (χ1v) is 7.45. The molecular formula is C15H23N5O. The van der Waals surface area contributed by atoms with Gasteiger partial charge in [-0.05, 0) is 18.7 Å². The number of aryl methyl sites for hydroxylation is 2. The molecule has 0 spiro atoms. The summed E-state index contributed by atoms with van der Waals surface area (Å²) in [5.74, 6) is 0. The Kier molecular flexibility index (Phi) is 3.41. The third-order valence-corrected chi connectivity index (χ3v) is 4.58. The van der Waals surface area contributed by atoms with Crippen LogP contribution < -0.4 is 16.3 Å². The number of nitrogens with zero attached hydrogens (tertiary/aromatic N) is 4. The van der Waals surface area contributed by atoms with Gasteiger partial charge in [-0.15, -0.1) is 0 Å². The van der Waals surface area contributed by atoms with Gasteiger partial charge in [0.05, 0.1) is 22.4 Å². The molecular weight excluding hydrogens is 266 g/mol. The highest BCUT2D eigenvalue weighted by Crippen LogP contribution is 2.29. The Hall–Kier alpha value is -1.95. The van der Waals surface area contributed by atoms with E-state index >= 15 is 0 Å². The maximum absolute atomic E-state index is 12.0. The number of fused-ring (bicyclic) bond motifs is 1. The summed E-state index contributed by atoms with van der Waals surface area (Å²) in [5.41, 5.74) is 9.82. The molecule has 2 heterocycles. The number of nitrogen functional groups attached to an aromatic ring is 1. The number of nitrogens with two attached hydrogens (primary N) is 1. The lowest BCUT2D eigenvalue weighted by Gasteiger charge is -2.36. The number of benzene rings is 1. The van der Waals surface area contributed by atoms with E-state index in [-0.39, 0.29) is 5.69 Å². The van der Waals surface area contributed by atoms with Crippen LogP contribution in [0.4, 0.5) is 11.4 Å². The van der Waals surface area contributed by atoms with E-state index < -0.39 is 0 Å². The van der Waals surface area contributed by atoms with Crippen LogP contribution in [0.3, 0.4) is 0 Å². The van der Waals surface area contributed by atoms with Crippen LogP contribution in [0, 0.1) is 0 Å². The maximum atomic E-state index is 12.0. The summed E-state index contributed by atoms with van der Waals surface area (Å²) in [6.45, 7) is 7.35. The van der Waals surface area contributed by atoms with Gasteiger partial charge in [-0.3, -0.25) is 9.13 Å². The van der Waals surface area contributed by atoms with Gasteiger partial charge in [0.2, 0.25) is 0 Å². The highest BCUT2D eigenvalue weighted by atomic mass is 16.1. The van der Waals surface area contributed by atoms with Crippen molar-refractivity contribution < 1.29 is 0 Å². The van der Waals surface area contributed by atoms with Gasteiger partial charge in [0.25, 0.3) is 0 Å². The summed E-state index contributed by atoms with van der Waals surface area (Å²) in [6.07, 6.45) is 0. The predicted octanol–water partition coefficient (Wildman–Crippen LogP) is 0.601. The summed E-state index contributed by atoms with van der Waals surface area (Å²) in [5, 5.41) is 0. The van der Waals surface area contributed by atoms with E-state index in [4.69, 9.17) is 5.73 Å². The molecule has 114 valence electrons. The Morgan fingerprint density at radius 1 is 1.05 bits per heavy atom. The van der Waals surface area contributed by atoms with E-state index in [1.54, 1.807) is 23.2 Å². The van der Waals surface area contributed by atoms with Crippen LogP contribution >= 0.6 is 0 Å². The van der Waals surface area contributed by atoms with Crippen LogP contribution in [0.25, 0.3) is 11.0 Å². The van der Waals surface area contributed by atoms with Crippen molar-refractivity contribution in [2.45, 2.75) is 6.92 Å². The molecule has 0 saturated carbocycles. The highest BCUT2D eigenvalue weighted by molar-refractivity contribution is 5.88. The highest BCUT2D eigenvalue weighted by Gasteiger charge is 2.19. The fourth-order valence-corrected chi connectivity index (χ4v) is 3.13. The van der Waals surface area contributed by atoms with Gasteiger partial charge >= 0.3 is 5.69 Å². The van der Waals surface area contributed by atoms with Crippen molar-refractivity contribution in [2.75, 3.05) is 43.4 Å². The standard InChI is InChI=1S/C15H23N5O/c1-4-19-5-7-20(8-6-19)12-10-14-13(9-11(12)16)17(2)15(21)18(14)3/h9-10H,4-8,16H2,1-3H3. The largest absolute Gasteiger partial charge is 0.397 e. The van der Waals surface area contributed by atoms with E-state index in [0.29, 0.717) is 0 Å². The monoisotopic (exact) mass is 289 g/mol. The van der Waals surface area contributed by atoms with E-state index in [9.17, 15) is 4.79 Å². The number of hydrogen-bond acceptors (Lipinski definition) is 4. The minimum atomic E-state index is -0.0163. The molecule has 0 unspecified atom stereocenters. The van der Waals surface area contributed by atoms with Crippen molar-refractivity contribution in [2.24, 2.45) is 14.1 Å². The molecule has 1 fully saturated rings. The summed E-state index contributed by atoms with van der Waals surface area (Å²) in [4.78, 5) is 16.8. The van der Waals surface area contributed by atoms with Crippen LogP contribution in [-0.4, -0.2) is 46.8 Å². The van der Waals surface area contributed by atoms with Crippen molar-refractivity contribution in [1.29, 1.82) is 0 Å². The first-order valence-electron chi connectivity index (χ1n) is 7.45. The third-order valence-electron chi connectivity index (χ3n) is 4.58. The normalized spacial score (nSPS) is 16.8. The SMILES string of the molecule is CCN1CCN(c2cc3c(cc2N)n(C)c(=O)n3C)CC1. The molecule has 0 radical (unpaired) electrons. The number of rotatable bonds is 2. The molecule has 1 aromatic heterocycles. The van der Waals surface area contributed by atoms with Gasteiger partial charge in [0, 0.05) is 40.3 Å². The molecule has 1 aliphatic rings. The quantitative estimate of drug-likeness (QED) is 0.823. The van der Waals surface area contributed by atoms with Crippen LogP contribution in [0.5, 0.6) is 0 Å². The molecule has 1 aliphatic heterocycles. The second kappa shape index (κ2) is 5.11. The van der Waals surface area contributed by atoms with Crippen molar-refractivity contribution in [3.05, 3.63) is 22.6 Å². The Labute approximate surface area is 124 Å². The smallest absolute Gasteiger partial charge is 0.328 e. The Balaban J connectivity index is 2.02. The van der Waals surface area contributed by atoms with E-state index in [1.807, 2.05) is 12.1 Å². The summed E-state index contributed by atoms with van der Waals surface area (Å²) >= 11 is 0. The van der Waals surface area contributed by atoms with E-state index in [1.165, 1.54) is 0 Å². The van der Waals surface area contributed by atoms with Gasteiger partial charge in [-0.2, -0.15) is 0 Å². The minimum absolute atomic E-state index is 0.0163. The summed E-state index contributed by atoms with van der Waals surface area (Å²) in [7, 11) is 3.59. The number of anilines is 2. The van der Waals surface area contributed by atoms with Crippen molar-refractivity contribution in [1.82, 2.24) is 14.0 Å². The predicted molar refractivity (Wildman–Crippen MR) is 86.9 cm³/mol. The number of aromatic nitrogens is 2. The molecule has 0 amide bonds. The zero-order chi connectivity index (χ0) is 15.1. The Morgan fingerprint density at radius 2 is 1.62 bits per heavy atom. The molecule has 6 heteroatoms. The molecule has 21 heavy (non-hydrogen) atoms. The molecule has 1 aromatic carbocycles. The number of imidazole rings is 1. The number of hydrogen-bond donors (Lipinski definition) is 1. The number of piperazine rings is 1. The fourth-order valence-electron chi connectivity index (χ4n) is 3.13. The molecule has 0 atom stereocenters. The van der Waals surface area contributed by atoms with E-state index in [2.05, 4.69) is 16.7 Å². The Morgan fingerprint density at radius 3 is 2.19 bits per heavy atom. The third kappa shape index (κ3) is 2.19. The van der Waals surface area contributed by atoms with Gasteiger partial charge in [-0.1, -0.05) is 6.92 Å². The van der Waals surface area contributed by atoms with Crippen molar-refractivity contribution in [3.63, 3.8) is 0 Å². The van der Waals surface area contributed by atoms with Gasteiger partial charge < -0.3 is 15.5 Å². The van der Waals surface area contributed by atoms with Gasteiger partial charge in [0.1, 0.15) is 0 Å². The first kappa shape index (κ1) is 14.0. The maximum Gasteiger partial charge on any atom is 0.328 e. The Bertz CT molecular complexity index is 722.